The second-order valence-corrected chi connectivity index (χ2v) is 3.99. The average Bonchev–Trinajstić information content (AvgIpc) is 2.75. The van der Waals surface area contributed by atoms with Crippen molar-refractivity contribution in [2.24, 2.45) is 0 Å². The summed E-state index contributed by atoms with van der Waals surface area (Å²) >= 11 is 0. The summed E-state index contributed by atoms with van der Waals surface area (Å²) in [4.78, 5) is 18.3. The lowest BCUT2D eigenvalue weighted by Gasteiger charge is -2.02. The molecule has 0 saturated heterocycles. The number of aromatic carboxylic acids is 1. The van der Waals surface area contributed by atoms with E-state index in [-0.39, 0.29) is 5.69 Å². The second kappa shape index (κ2) is 3.70. The Morgan fingerprint density at radius 1 is 1.33 bits per heavy atom. The number of benzene rings is 1. The van der Waals surface area contributed by atoms with Crippen molar-refractivity contribution >= 4 is 33.9 Å². The second-order valence-electron chi connectivity index (χ2n) is 3.99. The average molecular weight is 238 g/mol. The molecule has 2 N–H and O–H groups in total. The third-order valence-corrected chi connectivity index (χ3v) is 2.99. The zero-order chi connectivity index (χ0) is 12.7. The molecule has 3 rings (SSSR count). The highest BCUT2D eigenvalue weighted by molar-refractivity contribution is 6.13. The van der Waals surface area contributed by atoms with E-state index in [0.717, 1.165) is 21.8 Å². The van der Waals surface area contributed by atoms with E-state index >= 15 is 0 Å². The van der Waals surface area contributed by atoms with Crippen molar-refractivity contribution in [2.45, 2.75) is 0 Å². The van der Waals surface area contributed by atoms with Gasteiger partial charge < -0.3 is 10.1 Å². The number of pyridine rings is 1. The topological polar surface area (TPSA) is 66.0 Å². The van der Waals surface area contributed by atoms with Crippen molar-refractivity contribution < 1.29 is 9.90 Å². The van der Waals surface area contributed by atoms with Crippen molar-refractivity contribution in [3.8, 4) is 0 Å². The predicted molar refractivity (Wildman–Crippen MR) is 70.7 cm³/mol. The number of fused-ring (bicyclic) bond motifs is 3. The molecule has 0 bridgehead atoms. The number of aromatic nitrogens is 2. The van der Waals surface area contributed by atoms with Gasteiger partial charge in [0.15, 0.2) is 5.69 Å². The van der Waals surface area contributed by atoms with Crippen LogP contribution in [-0.4, -0.2) is 21.0 Å². The molecular formula is C14H10N2O2. The minimum Gasteiger partial charge on any atom is -0.476 e. The number of rotatable bonds is 2. The van der Waals surface area contributed by atoms with Gasteiger partial charge in [-0.25, -0.2) is 9.78 Å². The maximum Gasteiger partial charge on any atom is 0.355 e. The first-order chi connectivity index (χ1) is 8.72. The molecule has 0 aliphatic rings. The van der Waals surface area contributed by atoms with Gasteiger partial charge in [0.2, 0.25) is 0 Å². The maximum atomic E-state index is 11.2. The van der Waals surface area contributed by atoms with Gasteiger partial charge in [0.25, 0.3) is 0 Å². The standard InChI is InChI=1S/C14H10N2O2/c1-2-8-12-9-5-3-4-6-10(9)16-11(12)7-15-13(8)14(17)18/h2-7,16H,1H2,(H,17,18). The van der Waals surface area contributed by atoms with Crippen molar-refractivity contribution in [2.75, 3.05) is 0 Å². The molecule has 0 amide bonds. The molecule has 0 aliphatic heterocycles. The van der Waals surface area contributed by atoms with Crippen LogP contribution in [0.3, 0.4) is 0 Å². The van der Waals surface area contributed by atoms with Crippen molar-refractivity contribution in [3.05, 3.63) is 48.3 Å². The quantitative estimate of drug-likeness (QED) is 0.721. The number of H-pyrrole nitrogens is 1. The van der Waals surface area contributed by atoms with Gasteiger partial charge in [-0.2, -0.15) is 0 Å². The fourth-order valence-corrected chi connectivity index (χ4v) is 2.24. The molecule has 4 nitrogen and oxygen atoms in total. The summed E-state index contributed by atoms with van der Waals surface area (Å²) in [6.45, 7) is 3.69. The largest absolute Gasteiger partial charge is 0.476 e. The molecule has 0 atom stereocenters. The van der Waals surface area contributed by atoms with Crippen LogP contribution in [-0.2, 0) is 0 Å². The monoisotopic (exact) mass is 238 g/mol. The number of aromatic amines is 1. The summed E-state index contributed by atoms with van der Waals surface area (Å²) < 4.78 is 0. The summed E-state index contributed by atoms with van der Waals surface area (Å²) in [5, 5.41) is 11.0. The van der Waals surface area contributed by atoms with E-state index in [2.05, 4.69) is 16.5 Å². The van der Waals surface area contributed by atoms with E-state index < -0.39 is 5.97 Å². The molecule has 0 fully saturated rings. The summed E-state index contributed by atoms with van der Waals surface area (Å²) in [6.07, 6.45) is 3.09. The SMILES string of the molecule is C=Cc1c(C(=O)O)ncc2[nH]c3ccccc3c12. The van der Waals surface area contributed by atoms with Crippen LogP contribution >= 0.6 is 0 Å². The Hall–Kier alpha value is -2.62. The van der Waals surface area contributed by atoms with Crippen LogP contribution in [0.2, 0.25) is 0 Å². The molecule has 0 spiro atoms. The number of nitrogens with one attached hydrogen (secondary N) is 1. The lowest BCUT2D eigenvalue weighted by Crippen LogP contribution is -2.03. The number of carboxylic acid groups (broad SMARTS) is 1. The normalized spacial score (nSPS) is 10.9. The van der Waals surface area contributed by atoms with E-state index in [0.29, 0.717) is 5.56 Å². The fraction of sp³-hybridized carbons (Fsp3) is 0. The molecule has 0 radical (unpaired) electrons. The van der Waals surface area contributed by atoms with Gasteiger partial charge in [-0.3, -0.25) is 0 Å². The predicted octanol–water partition coefficient (Wildman–Crippen LogP) is 3.06. The minimum atomic E-state index is -1.04. The Morgan fingerprint density at radius 2 is 2.11 bits per heavy atom. The molecule has 18 heavy (non-hydrogen) atoms. The molecule has 0 aliphatic carbocycles. The molecule has 0 unspecified atom stereocenters. The highest BCUT2D eigenvalue weighted by Gasteiger charge is 2.16. The van der Waals surface area contributed by atoms with Crippen LogP contribution in [0.5, 0.6) is 0 Å². The Balaban J connectivity index is 2.56. The zero-order valence-corrected chi connectivity index (χ0v) is 9.47. The number of para-hydroxylation sites is 1. The van der Waals surface area contributed by atoms with Gasteiger partial charge in [0.05, 0.1) is 11.7 Å². The molecule has 0 saturated carbocycles. The van der Waals surface area contributed by atoms with Gasteiger partial charge >= 0.3 is 5.97 Å². The highest BCUT2D eigenvalue weighted by Crippen LogP contribution is 2.29. The minimum absolute atomic E-state index is 0.0299. The Morgan fingerprint density at radius 3 is 2.83 bits per heavy atom. The first-order valence-electron chi connectivity index (χ1n) is 5.47. The lowest BCUT2D eigenvalue weighted by molar-refractivity contribution is 0.0690. The van der Waals surface area contributed by atoms with E-state index in [9.17, 15) is 4.79 Å². The molecule has 4 heteroatoms. The van der Waals surface area contributed by atoms with E-state index in [4.69, 9.17) is 5.11 Å². The Bertz CT molecular complexity index is 787. The molecule has 2 aromatic heterocycles. The molecular weight excluding hydrogens is 228 g/mol. The third-order valence-electron chi connectivity index (χ3n) is 2.99. The van der Waals surface area contributed by atoms with Crippen LogP contribution in [0.15, 0.2) is 37.0 Å². The summed E-state index contributed by atoms with van der Waals surface area (Å²) in [6, 6.07) is 7.75. The molecule has 1 aromatic carbocycles. The van der Waals surface area contributed by atoms with Crippen LogP contribution in [0, 0.1) is 0 Å². The molecule has 2 heterocycles. The Labute approximate surface area is 103 Å². The van der Waals surface area contributed by atoms with Crippen LogP contribution in [0.25, 0.3) is 27.9 Å². The summed E-state index contributed by atoms with van der Waals surface area (Å²) in [7, 11) is 0. The van der Waals surface area contributed by atoms with Crippen LogP contribution in [0.1, 0.15) is 16.1 Å². The van der Waals surface area contributed by atoms with Crippen molar-refractivity contribution in [1.82, 2.24) is 9.97 Å². The van der Waals surface area contributed by atoms with Crippen LogP contribution in [0.4, 0.5) is 0 Å². The molecule has 88 valence electrons. The summed E-state index contributed by atoms with van der Waals surface area (Å²) in [5.41, 5.74) is 2.36. The Kier molecular flexibility index (Phi) is 2.16. The number of hydrogen-bond acceptors (Lipinski definition) is 2. The number of nitrogens with zero attached hydrogens (tertiary/aromatic N) is 1. The van der Waals surface area contributed by atoms with E-state index in [1.54, 1.807) is 12.3 Å². The van der Waals surface area contributed by atoms with E-state index in [1.165, 1.54) is 0 Å². The van der Waals surface area contributed by atoms with Gasteiger partial charge in [-0.05, 0) is 6.07 Å². The molecule has 3 aromatic rings. The van der Waals surface area contributed by atoms with Gasteiger partial charge in [-0.15, -0.1) is 0 Å². The number of hydrogen-bond donors (Lipinski definition) is 2. The zero-order valence-electron chi connectivity index (χ0n) is 9.47. The van der Waals surface area contributed by atoms with Gasteiger partial charge in [-0.1, -0.05) is 30.9 Å². The maximum absolute atomic E-state index is 11.2. The number of carbonyl (C=O) groups is 1. The van der Waals surface area contributed by atoms with Gasteiger partial charge in [0.1, 0.15) is 0 Å². The van der Waals surface area contributed by atoms with Crippen LogP contribution < -0.4 is 0 Å². The van der Waals surface area contributed by atoms with E-state index in [1.807, 2.05) is 24.3 Å². The summed E-state index contributed by atoms with van der Waals surface area (Å²) in [5.74, 6) is -1.04. The van der Waals surface area contributed by atoms with Crippen molar-refractivity contribution in [3.63, 3.8) is 0 Å². The first-order valence-corrected chi connectivity index (χ1v) is 5.47. The van der Waals surface area contributed by atoms with Crippen molar-refractivity contribution in [1.29, 1.82) is 0 Å². The smallest absolute Gasteiger partial charge is 0.355 e. The fourth-order valence-electron chi connectivity index (χ4n) is 2.24. The lowest BCUT2D eigenvalue weighted by atomic mass is 10.1. The highest BCUT2D eigenvalue weighted by atomic mass is 16.4. The number of carboxylic acids is 1. The first kappa shape index (κ1) is 10.5. The third kappa shape index (κ3) is 1.32. The van der Waals surface area contributed by atoms with Gasteiger partial charge in [0, 0.05) is 21.9 Å².